The first-order valence-corrected chi connectivity index (χ1v) is 9.57. The first kappa shape index (κ1) is 19.2. The van der Waals surface area contributed by atoms with Crippen molar-refractivity contribution in [3.8, 4) is 11.5 Å². The van der Waals surface area contributed by atoms with E-state index in [0.29, 0.717) is 11.4 Å². The molecule has 0 amide bonds. The van der Waals surface area contributed by atoms with Crippen molar-refractivity contribution in [1.29, 1.82) is 0 Å². The molecule has 0 N–H and O–H groups in total. The Kier molecular flexibility index (Phi) is 6.34. The molecule has 0 spiro atoms. The summed E-state index contributed by atoms with van der Waals surface area (Å²) in [6.45, 7) is -0.170. The third-order valence-electron chi connectivity index (χ3n) is 4.00. The zero-order chi connectivity index (χ0) is 19.2. The van der Waals surface area contributed by atoms with E-state index in [1.165, 1.54) is 11.0 Å². The van der Waals surface area contributed by atoms with E-state index in [9.17, 15) is 13.6 Å². The summed E-state index contributed by atoms with van der Waals surface area (Å²) in [5, 5.41) is 0. The summed E-state index contributed by atoms with van der Waals surface area (Å²) < 4.78 is 36.4. The normalized spacial score (nSPS) is 13.5. The number of halogens is 2. The smallest absolute Gasteiger partial charge is 0.333 e. The molecule has 1 heterocycles. The van der Waals surface area contributed by atoms with Gasteiger partial charge in [0.1, 0.15) is 18.1 Å². The standard InChI is InChI=1S/C20H19F2NO3S/c1-27-18-8-6-17(7-9-18)26-16-4-2-14(3-5-16)11-23(12-19(21)22)15-10-20(24)25-13-15/h2-10,19H,11-13H2,1H3. The van der Waals surface area contributed by atoms with Crippen LogP contribution in [0, 0.1) is 0 Å². The summed E-state index contributed by atoms with van der Waals surface area (Å²) >= 11 is 1.66. The quantitative estimate of drug-likeness (QED) is 0.481. The van der Waals surface area contributed by atoms with Gasteiger partial charge in [-0.3, -0.25) is 0 Å². The van der Waals surface area contributed by atoms with Crippen LogP contribution in [0.2, 0.25) is 0 Å². The predicted molar refractivity (Wildman–Crippen MR) is 100 cm³/mol. The number of benzene rings is 2. The van der Waals surface area contributed by atoms with Gasteiger partial charge in [-0.05, 0) is 48.2 Å². The lowest BCUT2D eigenvalue weighted by molar-refractivity contribution is -0.135. The van der Waals surface area contributed by atoms with Crippen LogP contribution < -0.4 is 4.74 Å². The van der Waals surface area contributed by atoms with Gasteiger partial charge in [0, 0.05) is 17.5 Å². The van der Waals surface area contributed by atoms with Gasteiger partial charge in [0.2, 0.25) is 0 Å². The highest BCUT2D eigenvalue weighted by Gasteiger charge is 2.22. The lowest BCUT2D eigenvalue weighted by Gasteiger charge is -2.24. The van der Waals surface area contributed by atoms with Gasteiger partial charge in [-0.2, -0.15) is 0 Å². The fourth-order valence-corrected chi connectivity index (χ4v) is 3.07. The third-order valence-corrected chi connectivity index (χ3v) is 4.75. The Bertz CT molecular complexity index is 807. The van der Waals surface area contributed by atoms with E-state index < -0.39 is 18.9 Å². The van der Waals surface area contributed by atoms with E-state index in [4.69, 9.17) is 9.47 Å². The van der Waals surface area contributed by atoms with Crippen LogP contribution >= 0.6 is 11.8 Å². The molecule has 0 aromatic heterocycles. The first-order chi connectivity index (χ1) is 13.0. The minimum atomic E-state index is -2.51. The average Bonchev–Trinajstić information content (AvgIpc) is 3.09. The van der Waals surface area contributed by atoms with Gasteiger partial charge in [-0.1, -0.05) is 12.1 Å². The van der Waals surface area contributed by atoms with Crippen LogP contribution in [0.25, 0.3) is 0 Å². The maximum atomic E-state index is 12.9. The van der Waals surface area contributed by atoms with Gasteiger partial charge >= 0.3 is 5.97 Å². The summed E-state index contributed by atoms with van der Waals surface area (Å²) in [5.74, 6) is 0.891. The molecular weight excluding hydrogens is 372 g/mol. The number of ether oxygens (including phenoxy) is 2. The molecule has 0 saturated heterocycles. The Hall–Kier alpha value is -2.54. The lowest BCUT2D eigenvalue weighted by atomic mass is 10.2. The van der Waals surface area contributed by atoms with Crippen molar-refractivity contribution in [3.63, 3.8) is 0 Å². The van der Waals surface area contributed by atoms with Crippen molar-refractivity contribution in [2.24, 2.45) is 0 Å². The average molecular weight is 391 g/mol. The molecule has 4 nitrogen and oxygen atoms in total. The zero-order valence-electron chi connectivity index (χ0n) is 14.7. The Balaban J connectivity index is 1.65. The molecule has 2 aromatic rings. The van der Waals surface area contributed by atoms with Crippen LogP contribution in [0.4, 0.5) is 8.78 Å². The number of alkyl halides is 2. The zero-order valence-corrected chi connectivity index (χ0v) is 15.5. The van der Waals surface area contributed by atoms with E-state index in [1.807, 2.05) is 42.7 Å². The molecule has 2 aromatic carbocycles. The van der Waals surface area contributed by atoms with Gasteiger partial charge in [-0.25, -0.2) is 13.6 Å². The van der Waals surface area contributed by atoms with Gasteiger partial charge in [0.25, 0.3) is 6.43 Å². The molecule has 7 heteroatoms. The van der Waals surface area contributed by atoms with E-state index >= 15 is 0 Å². The molecule has 3 rings (SSSR count). The minimum Gasteiger partial charge on any atom is -0.457 e. The molecule has 0 radical (unpaired) electrons. The van der Waals surface area contributed by atoms with Crippen molar-refractivity contribution >= 4 is 17.7 Å². The molecular formula is C20H19F2NO3S. The molecule has 0 aliphatic carbocycles. The van der Waals surface area contributed by atoms with E-state index in [1.54, 1.807) is 23.9 Å². The summed E-state index contributed by atoms with van der Waals surface area (Å²) in [7, 11) is 0. The van der Waals surface area contributed by atoms with Gasteiger partial charge < -0.3 is 14.4 Å². The van der Waals surface area contributed by atoms with Crippen LogP contribution in [0.15, 0.2) is 65.2 Å². The van der Waals surface area contributed by atoms with Crippen LogP contribution in [0.5, 0.6) is 11.5 Å². The van der Waals surface area contributed by atoms with Gasteiger partial charge in [0.15, 0.2) is 0 Å². The molecule has 142 valence electrons. The Morgan fingerprint density at radius 2 is 1.74 bits per heavy atom. The number of hydrogen-bond donors (Lipinski definition) is 0. The fourth-order valence-electron chi connectivity index (χ4n) is 2.66. The van der Waals surface area contributed by atoms with Gasteiger partial charge in [0.05, 0.1) is 12.2 Å². The van der Waals surface area contributed by atoms with E-state index in [-0.39, 0.29) is 13.2 Å². The first-order valence-electron chi connectivity index (χ1n) is 8.35. The van der Waals surface area contributed by atoms with Crippen molar-refractivity contribution < 1.29 is 23.0 Å². The molecule has 1 aliphatic rings. The van der Waals surface area contributed by atoms with Crippen LogP contribution in [-0.2, 0) is 16.1 Å². The highest BCUT2D eigenvalue weighted by Crippen LogP contribution is 2.25. The Labute approximate surface area is 160 Å². The Morgan fingerprint density at radius 1 is 1.11 bits per heavy atom. The van der Waals surface area contributed by atoms with Crippen molar-refractivity contribution in [2.75, 3.05) is 19.4 Å². The molecule has 0 saturated carbocycles. The highest BCUT2D eigenvalue weighted by atomic mass is 32.2. The second kappa shape index (κ2) is 8.90. The maximum absolute atomic E-state index is 12.9. The minimum absolute atomic E-state index is 0.0266. The largest absolute Gasteiger partial charge is 0.457 e. The number of esters is 1. The molecule has 0 fully saturated rings. The second-order valence-corrected chi connectivity index (χ2v) is 6.82. The molecule has 1 aliphatic heterocycles. The number of rotatable bonds is 8. The Morgan fingerprint density at radius 3 is 2.26 bits per heavy atom. The van der Waals surface area contributed by atoms with Crippen LogP contribution in [0.1, 0.15) is 5.56 Å². The molecule has 0 bridgehead atoms. The van der Waals surface area contributed by atoms with E-state index in [2.05, 4.69) is 0 Å². The SMILES string of the molecule is CSc1ccc(Oc2ccc(CN(CC(F)F)C3=CC(=O)OC3)cc2)cc1. The predicted octanol–water partition coefficient (Wildman–Crippen LogP) is 4.71. The summed E-state index contributed by atoms with van der Waals surface area (Å²) in [6.07, 6.45) is 0.765. The molecule has 27 heavy (non-hydrogen) atoms. The maximum Gasteiger partial charge on any atom is 0.333 e. The lowest BCUT2D eigenvalue weighted by Crippen LogP contribution is -2.28. The molecule has 0 atom stereocenters. The summed E-state index contributed by atoms with van der Waals surface area (Å²) in [6, 6.07) is 15.0. The van der Waals surface area contributed by atoms with Crippen LogP contribution in [-0.4, -0.2) is 36.7 Å². The summed E-state index contributed by atoms with van der Waals surface area (Å²) in [4.78, 5) is 13.8. The third kappa shape index (κ3) is 5.47. The van der Waals surface area contributed by atoms with Crippen molar-refractivity contribution in [2.45, 2.75) is 17.9 Å². The number of thioether (sulfide) groups is 1. The number of cyclic esters (lactones) is 1. The second-order valence-electron chi connectivity index (χ2n) is 5.94. The molecule has 0 unspecified atom stereocenters. The highest BCUT2D eigenvalue weighted by molar-refractivity contribution is 7.98. The van der Waals surface area contributed by atoms with Crippen LogP contribution in [0.3, 0.4) is 0 Å². The van der Waals surface area contributed by atoms with Crippen molar-refractivity contribution in [1.82, 2.24) is 4.90 Å². The topological polar surface area (TPSA) is 38.8 Å². The number of hydrogen-bond acceptors (Lipinski definition) is 5. The van der Waals surface area contributed by atoms with Gasteiger partial charge in [-0.15, -0.1) is 11.8 Å². The number of carbonyl (C=O) groups excluding carboxylic acids is 1. The van der Waals surface area contributed by atoms with Crippen molar-refractivity contribution in [3.05, 3.63) is 65.9 Å². The fraction of sp³-hybridized carbons (Fsp3) is 0.250. The summed E-state index contributed by atoms with van der Waals surface area (Å²) in [5.41, 5.74) is 1.30. The monoisotopic (exact) mass is 391 g/mol. The van der Waals surface area contributed by atoms with E-state index in [0.717, 1.165) is 16.2 Å². The number of carbonyl (C=O) groups is 1. The number of nitrogens with zero attached hydrogens (tertiary/aromatic N) is 1.